The molecule has 0 radical (unpaired) electrons. The first kappa shape index (κ1) is 28.9. The third-order valence-corrected chi connectivity index (χ3v) is 8.72. The molecule has 29 heavy (non-hydrogen) atoms. The molecule has 0 aliphatic heterocycles. The molecule has 0 aromatic heterocycles. The van der Waals surface area contributed by atoms with Gasteiger partial charge in [0.05, 0.1) is 26.2 Å². The predicted molar refractivity (Wildman–Crippen MR) is 123 cm³/mol. The lowest BCUT2D eigenvalue weighted by Gasteiger charge is -2.23. The van der Waals surface area contributed by atoms with Gasteiger partial charge in [-0.1, -0.05) is 71.2 Å². The Bertz CT molecular complexity index is 503. The van der Waals surface area contributed by atoms with E-state index in [0.29, 0.717) is 19.1 Å². The second-order valence-electron chi connectivity index (χ2n) is 7.07. The van der Waals surface area contributed by atoms with Crippen LogP contribution in [0.2, 0.25) is 0 Å². The average molecular weight is 471 g/mol. The van der Waals surface area contributed by atoms with Crippen molar-refractivity contribution >= 4 is 40.8 Å². The van der Waals surface area contributed by atoms with Crippen molar-refractivity contribution in [1.29, 1.82) is 0 Å². The summed E-state index contributed by atoms with van der Waals surface area (Å²) in [6, 6.07) is 0. The zero-order valence-corrected chi connectivity index (χ0v) is 20.9. The van der Waals surface area contributed by atoms with Crippen LogP contribution in [0.25, 0.3) is 0 Å². The smallest absolute Gasteiger partial charge is 0.320 e. The van der Waals surface area contributed by atoms with Gasteiger partial charge in [0.25, 0.3) is 0 Å². The van der Waals surface area contributed by atoms with E-state index in [9.17, 15) is 14.5 Å². The molecule has 0 amide bonds. The van der Waals surface area contributed by atoms with Gasteiger partial charge in [0, 0.05) is 0 Å². The summed E-state index contributed by atoms with van der Waals surface area (Å²) in [5, 5.41) is -0.924. The minimum atomic E-state index is -3.29. The molecule has 9 heteroatoms. The predicted octanol–water partition coefficient (Wildman–Crippen LogP) is 5.61. The molecular weight excluding hydrogens is 431 g/mol. The molecule has 0 saturated heterocycles. The fourth-order valence-electron chi connectivity index (χ4n) is 2.40. The van der Waals surface area contributed by atoms with Gasteiger partial charge in [-0.15, -0.1) is 0 Å². The van der Waals surface area contributed by atoms with Gasteiger partial charge in [-0.25, -0.2) is 0 Å². The van der Waals surface area contributed by atoms with Crippen molar-refractivity contribution in [1.82, 2.24) is 0 Å². The van der Waals surface area contributed by atoms with E-state index in [1.54, 1.807) is 0 Å². The van der Waals surface area contributed by atoms with Crippen molar-refractivity contribution in [3.63, 3.8) is 0 Å². The summed E-state index contributed by atoms with van der Waals surface area (Å²) in [4.78, 5) is 35.2. The van der Waals surface area contributed by atoms with Crippen LogP contribution in [0.5, 0.6) is 0 Å². The molecule has 6 nitrogen and oxygen atoms in total. The summed E-state index contributed by atoms with van der Waals surface area (Å²) in [6.07, 6.45) is 7.27. The number of carbonyl (C=O) groups excluding carboxylic acids is 2. The number of carbonyl (C=O) groups is 2. The van der Waals surface area contributed by atoms with Crippen molar-refractivity contribution in [2.45, 2.75) is 90.7 Å². The van der Waals surface area contributed by atoms with Crippen LogP contribution >= 0.6 is 17.1 Å². The Kier molecular flexibility index (Phi) is 17.4. The first-order valence-corrected chi connectivity index (χ1v) is 14.9. The molecule has 0 aromatic carbocycles. The fourth-order valence-corrected chi connectivity index (χ4v) is 6.48. The normalized spacial score (nSPS) is 15.3. The molecule has 0 aromatic rings. The monoisotopic (exact) mass is 470 g/mol. The highest BCUT2D eigenvalue weighted by Gasteiger charge is 2.32. The molecule has 172 valence electrons. The van der Waals surface area contributed by atoms with E-state index >= 15 is 0 Å². The van der Waals surface area contributed by atoms with Gasteiger partial charge in [-0.3, -0.25) is 9.59 Å². The highest BCUT2D eigenvalue weighted by molar-refractivity contribution is 8.68. The summed E-state index contributed by atoms with van der Waals surface area (Å²) >= 11 is 6.10. The third kappa shape index (κ3) is 15.3. The zero-order valence-electron chi connectivity index (χ0n) is 18.4. The van der Waals surface area contributed by atoms with Crippen LogP contribution in [0.4, 0.5) is 0 Å². The van der Waals surface area contributed by atoms with Crippen LogP contribution in [0.15, 0.2) is 0 Å². The Morgan fingerprint density at radius 3 is 2.14 bits per heavy atom. The third-order valence-electron chi connectivity index (χ3n) is 4.40. The van der Waals surface area contributed by atoms with Gasteiger partial charge in [0.1, 0.15) is 5.25 Å². The summed E-state index contributed by atoms with van der Waals surface area (Å²) < 4.78 is 16.1. The van der Waals surface area contributed by atoms with E-state index in [1.165, 1.54) is 0 Å². The lowest BCUT2D eigenvalue weighted by Crippen LogP contribution is -2.25. The molecule has 0 heterocycles. The van der Waals surface area contributed by atoms with Gasteiger partial charge < -0.3 is 18.9 Å². The number of hydrogen-bond acceptors (Lipinski definition) is 7. The summed E-state index contributed by atoms with van der Waals surface area (Å²) in [6.45, 7) is 9.16. The van der Waals surface area contributed by atoms with Crippen molar-refractivity contribution < 1.29 is 28.5 Å². The summed E-state index contributed by atoms with van der Waals surface area (Å²) in [7, 11) is 0. The van der Waals surface area contributed by atoms with E-state index in [1.807, 2.05) is 13.8 Å². The molecule has 0 spiro atoms. The molecule has 0 saturated carbocycles. The van der Waals surface area contributed by atoms with E-state index in [0.717, 1.165) is 62.7 Å². The maximum atomic E-state index is 12.5. The maximum Gasteiger partial charge on any atom is 0.320 e. The van der Waals surface area contributed by atoms with Crippen LogP contribution in [-0.4, -0.2) is 41.9 Å². The summed E-state index contributed by atoms with van der Waals surface area (Å²) in [5.74, 6) is -0.729. The first-order valence-electron chi connectivity index (χ1n) is 10.8. The Morgan fingerprint density at radius 2 is 1.59 bits per heavy atom. The Labute approximate surface area is 185 Å². The number of rotatable bonds is 18. The molecule has 0 aliphatic carbocycles. The molecule has 0 fully saturated rings. The van der Waals surface area contributed by atoms with Gasteiger partial charge in [0.15, 0.2) is 0 Å². The van der Waals surface area contributed by atoms with E-state index < -0.39 is 22.9 Å². The van der Waals surface area contributed by atoms with Crippen molar-refractivity contribution in [2.75, 3.05) is 19.8 Å². The largest absolute Gasteiger partial charge is 0.466 e. The Morgan fingerprint density at radius 1 is 1.00 bits per heavy atom. The SMILES string of the molecule is CCCCOC(=O)CC(SP(O)(=S)OCC(CC)CCCC)C(=O)OCCCC. The maximum absolute atomic E-state index is 12.5. The molecule has 1 N–H and O–H groups in total. The standard InChI is InChI=1S/C20H39O6PS2/c1-5-9-12-17(8-4)16-26-27(23,28)29-18(20(22)25-14-11-7-3)15-19(21)24-13-10-6-2/h17-18H,5-16H2,1-4H3,(H,23,28). The van der Waals surface area contributed by atoms with Crippen LogP contribution in [-0.2, 0) is 35.4 Å². The van der Waals surface area contributed by atoms with E-state index in [-0.39, 0.29) is 13.0 Å². The topological polar surface area (TPSA) is 82.1 Å². The fraction of sp³-hybridized carbons (Fsp3) is 0.900. The zero-order chi connectivity index (χ0) is 22.1. The van der Waals surface area contributed by atoms with Gasteiger partial charge in [0.2, 0.25) is 5.69 Å². The molecule has 0 rings (SSSR count). The first-order chi connectivity index (χ1) is 13.8. The van der Waals surface area contributed by atoms with Gasteiger partial charge in [-0.05, 0) is 37.0 Å². The highest BCUT2D eigenvalue weighted by atomic mass is 32.9. The number of esters is 2. The van der Waals surface area contributed by atoms with E-state index in [2.05, 4.69) is 13.8 Å². The van der Waals surface area contributed by atoms with Crippen LogP contribution in [0, 0.1) is 5.92 Å². The lowest BCUT2D eigenvalue weighted by atomic mass is 10.0. The second-order valence-corrected chi connectivity index (χ2v) is 13.3. The molecule has 0 aliphatic rings. The molecular formula is C20H39O6PS2. The highest BCUT2D eigenvalue weighted by Crippen LogP contribution is 2.59. The molecule has 3 unspecified atom stereocenters. The minimum absolute atomic E-state index is 0.186. The van der Waals surface area contributed by atoms with Crippen molar-refractivity contribution in [2.24, 2.45) is 5.92 Å². The number of unbranched alkanes of at least 4 members (excludes halogenated alkanes) is 3. The average Bonchev–Trinajstić information content (AvgIpc) is 2.67. The van der Waals surface area contributed by atoms with E-state index in [4.69, 9.17) is 25.8 Å². The number of ether oxygens (including phenoxy) is 2. The lowest BCUT2D eigenvalue weighted by molar-refractivity contribution is -0.149. The molecule has 0 bridgehead atoms. The summed E-state index contributed by atoms with van der Waals surface area (Å²) in [5.41, 5.74) is -3.29. The minimum Gasteiger partial charge on any atom is -0.466 e. The Balaban J connectivity index is 4.88. The van der Waals surface area contributed by atoms with Gasteiger partial charge >= 0.3 is 11.9 Å². The Hall–Kier alpha value is -0.140. The second kappa shape index (κ2) is 17.5. The van der Waals surface area contributed by atoms with Crippen LogP contribution in [0.1, 0.15) is 85.5 Å². The van der Waals surface area contributed by atoms with Crippen LogP contribution < -0.4 is 0 Å². The van der Waals surface area contributed by atoms with Crippen molar-refractivity contribution in [3.05, 3.63) is 0 Å². The van der Waals surface area contributed by atoms with Gasteiger partial charge in [-0.2, -0.15) is 0 Å². The molecule has 3 atom stereocenters. The quantitative estimate of drug-likeness (QED) is 0.157. The van der Waals surface area contributed by atoms with Crippen molar-refractivity contribution in [3.8, 4) is 0 Å². The van der Waals surface area contributed by atoms with Crippen LogP contribution in [0.3, 0.4) is 0 Å². The number of hydrogen-bond donors (Lipinski definition) is 1.